The molecule has 3 heterocycles. The number of hydrogen-bond acceptors (Lipinski definition) is 7. The molecule has 1 aromatic carbocycles. The lowest BCUT2D eigenvalue weighted by Gasteiger charge is -2.40. The minimum absolute atomic E-state index is 0.0140. The van der Waals surface area contributed by atoms with E-state index in [1.54, 1.807) is 6.92 Å². The fourth-order valence-electron chi connectivity index (χ4n) is 4.51. The maximum absolute atomic E-state index is 13.3. The maximum atomic E-state index is 13.3. The number of rotatable bonds is 5. The number of anilines is 1. The van der Waals surface area contributed by atoms with Crippen molar-refractivity contribution in [3.05, 3.63) is 63.8 Å². The summed E-state index contributed by atoms with van der Waals surface area (Å²) in [5, 5.41) is 7.80. The first kappa shape index (κ1) is 28.5. The molecule has 204 valence electrons. The highest BCUT2D eigenvalue weighted by molar-refractivity contribution is 7.93. The van der Waals surface area contributed by atoms with Gasteiger partial charge in [0.25, 0.3) is 0 Å². The van der Waals surface area contributed by atoms with Gasteiger partial charge in [0.2, 0.25) is 15.9 Å². The number of hydrogen-bond donors (Lipinski definition) is 2. The molecule has 12 heteroatoms. The lowest BCUT2D eigenvalue weighted by atomic mass is 10.0. The normalized spacial score (nSPS) is 22.4. The summed E-state index contributed by atoms with van der Waals surface area (Å²) in [5.74, 6) is 1.04. The highest BCUT2D eigenvalue weighted by Crippen LogP contribution is 2.26. The summed E-state index contributed by atoms with van der Waals surface area (Å²) >= 11 is 11.9. The largest absolute Gasteiger partial charge is 0.358 e. The third kappa shape index (κ3) is 6.21. The molecule has 2 aliphatic heterocycles. The number of aromatic nitrogens is 2. The Hall–Kier alpha value is -2.50. The Morgan fingerprint density at radius 1 is 1.18 bits per heavy atom. The van der Waals surface area contributed by atoms with Crippen molar-refractivity contribution in [1.82, 2.24) is 24.5 Å². The first-order valence-corrected chi connectivity index (χ1v) is 14.6. The molecule has 1 saturated heterocycles. The van der Waals surface area contributed by atoms with Crippen LogP contribution < -0.4 is 10.6 Å². The third-order valence-corrected chi connectivity index (χ3v) is 9.25. The fourth-order valence-corrected chi connectivity index (χ4v) is 5.90. The molecule has 1 amide bonds. The molecule has 38 heavy (non-hydrogen) atoms. The van der Waals surface area contributed by atoms with Crippen LogP contribution in [-0.2, 0) is 21.4 Å². The van der Waals surface area contributed by atoms with Crippen LogP contribution >= 0.6 is 23.2 Å². The van der Waals surface area contributed by atoms with E-state index in [1.807, 2.05) is 38.1 Å². The Bertz CT molecular complexity index is 1400. The lowest BCUT2D eigenvalue weighted by molar-refractivity contribution is -0.123. The van der Waals surface area contributed by atoms with E-state index in [9.17, 15) is 13.2 Å². The topological polar surface area (TPSA) is 108 Å². The van der Waals surface area contributed by atoms with Crippen molar-refractivity contribution < 1.29 is 13.2 Å². The summed E-state index contributed by atoms with van der Waals surface area (Å²) in [4.78, 5) is 24.8. The van der Waals surface area contributed by atoms with Crippen molar-refractivity contribution in [2.75, 3.05) is 31.5 Å². The first-order valence-electron chi connectivity index (χ1n) is 12.4. The quantitative estimate of drug-likeness (QED) is 0.519. The number of sulfonamides is 1. The smallest absolute Gasteiger partial charge is 0.242 e. The van der Waals surface area contributed by atoms with E-state index < -0.39 is 16.1 Å². The van der Waals surface area contributed by atoms with Crippen LogP contribution in [0, 0.1) is 5.92 Å². The number of fused-ring (bicyclic) bond motifs is 5. The number of nitrogens with zero attached hydrogens (tertiary/aromatic N) is 4. The van der Waals surface area contributed by atoms with Crippen LogP contribution in [0.25, 0.3) is 10.9 Å². The van der Waals surface area contributed by atoms with Gasteiger partial charge in [-0.3, -0.25) is 9.69 Å². The van der Waals surface area contributed by atoms with E-state index in [0.29, 0.717) is 29.8 Å². The van der Waals surface area contributed by atoms with Crippen molar-refractivity contribution in [2.45, 2.75) is 39.4 Å². The lowest BCUT2D eigenvalue weighted by Crippen LogP contribution is -2.58. The summed E-state index contributed by atoms with van der Waals surface area (Å²) in [6.45, 7) is 10.8. The highest BCUT2D eigenvalue weighted by Gasteiger charge is 2.36. The molecule has 2 aromatic rings. The van der Waals surface area contributed by atoms with Crippen LogP contribution in [0.1, 0.15) is 26.6 Å². The maximum Gasteiger partial charge on any atom is 0.242 e. The molecule has 2 bridgehead atoms. The number of para-hydroxylation sites is 1. The zero-order valence-corrected chi connectivity index (χ0v) is 23.9. The summed E-state index contributed by atoms with van der Waals surface area (Å²) < 4.78 is 28.0. The van der Waals surface area contributed by atoms with Gasteiger partial charge in [-0.2, -0.15) is 4.31 Å². The van der Waals surface area contributed by atoms with Gasteiger partial charge in [0, 0.05) is 42.6 Å². The summed E-state index contributed by atoms with van der Waals surface area (Å²) in [5.41, 5.74) is 0.780. The second-order valence-corrected chi connectivity index (χ2v) is 12.8. The molecule has 0 aliphatic carbocycles. The zero-order chi connectivity index (χ0) is 27.6. The number of benzene rings is 1. The van der Waals surface area contributed by atoms with Crippen LogP contribution in [0.2, 0.25) is 0 Å². The number of carbonyl (C=O) groups is 1. The van der Waals surface area contributed by atoms with Crippen molar-refractivity contribution in [3.63, 3.8) is 0 Å². The molecule has 1 unspecified atom stereocenters. The Kier molecular flexibility index (Phi) is 8.78. The van der Waals surface area contributed by atoms with Gasteiger partial charge < -0.3 is 10.6 Å². The molecule has 1 fully saturated rings. The monoisotopic (exact) mass is 578 g/mol. The number of nitrogens with one attached hydrogen (secondary N) is 2. The van der Waals surface area contributed by atoms with Crippen molar-refractivity contribution in [3.8, 4) is 0 Å². The predicted molar refractivity (Wildman–Crippen MR) is 152 cm³/mol. The molecule has 0 radical (unpaired) electrons. The van der Waals surface area contributed by atoms with Crippen LogP contribution in [0.3, 0.4) is 0 Å². The van der Waals surface area contributed by atoms with E-state index >= 15 is 0 Å². The first-order chi connectivity index (χ1) is 18.0. The number of carbonyl (C=O) groups excluding carboxylic acids is 1. The van der Waals surface area contributed by atoms with Gasteiger partial charge >= 0.3 is 0 Å². The Balaban J connectivity index is 1.64. The van der Waals surface area contributed by atoms with Gasteiger partial charge in [-0.05, 0) is 37.1 Å². The second-order valence-electron chi connectivity index (χ2n) is 9.79. The summed E-state index contributed by atoms with van der Waals surface area (Å²) in [6, 6.07) is 6.87. The minimum atomic E-state index is -3.85. The number of amides is 1. The second kappa shape index (κ2) is 11.7. The van der Waals surface area contributed by atoms with E-state index in [4.69, 9.17) is 33.2 Å². The standard InChI is InChI=1S/C26H32Cl2N6O3S/c1-16(2)24-26(35)29-13-19-14-34(38(36,37)17(3)9-10-21(28)18(4)27)12-11-33(19)15-23-30-22-8-6-5-7-20(22)25(31-23)32-24/h5-10,16,19,24H,3,11-15H2,1-2,4H3,(H,29,35)(H,30,31,32)/b10-9-,21-18-/t19?,24-/m0/s1. The fraction of sp³-hybridized carbons (Fsp3) is 0.423. The van der Waals surface area contributed by atoms with Crippen LogP contribution in [0.5, 0.6) is 0 Å². The van der Waals surface area contributed by atoms with Crippen molar-refractivity contribution in [1.29, 1.82) is 0 Å². The average molecular weight is 580 g/mol. The SMILES string of the molecule is C=C(/C=C\C(Cl)=C(/C)Cl)S(=O)(=O)N1CCN2Cc3nc(c4ccccc4n3)N[C@@H](C(C)C)C(=O)NCC2C1. The molecule has 1 aromatic heterocycles. The van der Waals surface area contributed by atoms with Crippen molar-refractivity contribution >= 4 is 55.9 Å². The summed E-state index contributed by atoms with van der Waals surface area (Å²) in [7, 11) is -3.85. The molecule has 9 nitrogen and oxygen atoms in total. The van der Waals surface area contributed by atoms with Gasteiger partial charge in [-0.1, -0.05) is 55.8 Å². The third-order valence-electron chi connectivity index (χ3n) is 6.73. The molecular formula is C26H32Cl2N6O3S. The minimum Gasteiger partial charge on any atom is -0.358 e. The Labute approximate surface area is 233 Å². The number of piperazine rings is 1. The van der Waals surface area contributed by atoms with Gasteiger partial charge in [-0.25, -0.2) is 18.4 Å². The Morgan fingerprint density at radius 3 is 2.63 bits per heavy atom. The molecule has 2 atom stereocenters. The van der Waals surface area contributed by atoms with Crippen LogP contribution in [0.15, 0.2) is 58.0 Å². The van der Waals surface area contributed by atoms with Crippen LogP contribution in [-0.4, -0.2) is 71.8 Å². The Morgan fingerprint density at radius 2 is 1.92 bits per heavy atom. The van der Waals surface area contributed by atoms with E-state index in [2.05, 4.69) is 22.1 Å². The van der Waals surface area contributed by atoms with E-state index in [0.717, 1.165) is 10.9 Å². The molecule has 2 aliphatic rings. The summed E-state index contributed by atoms with van der Waals surface area (Å²) in [6.07, 6.45) is 2.76. The van der Waals surface area contributed by atoms with Gasteiger partial charge in [0.1, 0.15) is 17.7 Å². The molecule has 4 rings (SSSR count). The number of allylic oxidation sites excluding steroid dienone is 4. The molecule has 0 saturated carbocycles. The zero-order valence-electron chi connectivity index (χ0n) is 21.6. The highest BCUT2D eigenvalue weighted by atomic mass is 35.5. The average Bonchev–Trinajstić information content (AvgIpc) is 2.90. The number of halogens is 2. The molecule has 2 N–H and O–H groups in total. The van der Waals surface area contributed by atoms with E-state index in [1.165, 1.54) is 16.5 Å². The van der Waals surface area contributed by atoms with Crippen molar-refractivity contribution in [2.24, 2.45) is 5.92 Å². The molecule has 0 spiro atoms. The van der Waals surface area contributed by atoms with E-state index in [-0.39, 0.29) is 47.4 Å². The predicted octanol–water partition coefficient (Wildman–Crippen LogP) is 3.79. The van der Waals surface area contributed by atoms with Gasteiger partial charge in [0.15, 0.2) is 0 Å². The molecular weight excluding hydrogens is 547 g/mol. The van der Waals surface area contributed by atoms with Gasteiger partial charge in [-0.15, -0.1) is 0 Å². The van der Waals surface area contributed by atoms with Gasteiger partial charge in [0.05, 0.1) is 22.0 Å². The van der Waals surface area contributed by atoms with Crippen LogP contribution in [0.4, 0.5) is 5.82 Å².